The Bertz CT molecular complexity index is 368. The zero-order valence-corrected chi connectivity index (χ0v) is 12.2. The zero-order valence-electron chi connectivity index (χ0n) is 12.2. The molecule has 0 heterocycles. The van der Waals surface area contributed by atoms with Crippen molar-refractivity contribution in [1.29, 1.82) is 0 Å². The molecule has 1 aliphatic carbocycles. The highest BCUT2D eigenvalue weighted by molar-refractivity contribution is 5.67. The van der Waals surface area contributed by atoms with Gasteiger partial charge in [0, 0.05) is 13.3 Å². The van der Waals surface area contributed by atoms with Crippen molar-refractivity contribution in [2.45, 2.75) is 59.0 Å². The summed E-state index contributed by atoms with van der Waals surface area (Å²) >= 11 is 0. The average molecular weight is 269 g/mol. The molecular weight excluding hydrogens is 246 g/mol. The minimum absolute atomic E-state index is 0.316. The van der Waals surface area contributed by atoms with Crippen molar-refractivity contribution >= 4 is 12.4 Å². The van der Waals surface area contributed by atoms with Crippen molar-refractivity contribution in [2.24, 2.45) is 0 Å². The van der Waals surface area contributed by atoms with E-state index in [0.29, 0.717) is 18.7 Å². The first-order valence-corrected chi connectivity index (χ1v) is 6.62. The monoisotopic (exact) mass is 269 g/mol. The number of rotatable bonds is 5. The molecule has 0 aromatic heterocycles. The minimum Gasteiger partial charge on any atom is -0.431 e. The van der Waals surface area contributed by atoms with Crippen LogP contribution in [-0.4, -0.2) is 29.6 Å². The molecule has 0 saturated heterocycles. The molecule has 0 aromatic rings. The van der Waals surface area contributed by atoms with Gasteiger partial charge in [-0.1, -0.05) is 0 Å². The smallest absolute Gasteiger partial charge is 0.307 e. The van der Waals surface area contributed by atoms with Crippen LogP contribution in [-0.2, 0) is 19.2 Å². The van der Waals surface area contributed by atoms with E-state index in [1.807, 2.05) is 20.8 Å². The zero-order chi connectivity index (χ0) is 14.5. The summed E-state index contributed by atoms with van der Waals surface area (Å²) in [4.78, 5) is 27.7. The second-order valence-corrected chi connectivity index (χ2v) is 5.71. The molecule has 0 spiro atoms. The third-order valence-corrected chi connectivity index (χ3v) is 2.65. The van der Waals surface area contributed by atoms with E-state index in [2.05, 4.69) is 0 Å². The summed E-state index contributed by atoms with van der Waals surface area (Å²) in [6, 6.07) is 0. The maximum absolute atomic E-state index is 11.1. The van der Waals surface area contributed by atoms with Crippen LogP contribution < -0.4 is 0 Å². The number of allylic oxidation sites excluding steroid dienone is 1. The Kier molecular flexibility index (Phi) is 5.54. The van der Waals surface area contributed by atoms with Crippen molar-refractivity contribution in [3.63, 3.8) is 0 Å². The van der Waals surface area contributed by atoms with Crippen molar-refractivity contribution in [3.05, 3.63) is 11.3 Å². The van der Waals surface area contributed by atoms with Gasteiger partial charge >= 0.3 is 5.97 Å². The van der Waals surface area contributed by atoms with Crippen molar-refractivity contribution in [1.82, 2.24) is 5.06 Å². The fourth-order valence-electron chi connectivity index (χ4n) is 2.04. The number of carbonyl (C=O) groups excluding carboxylic acids is 2. The van der Waals surface area contributed by atoms with E-state index in [0.717, 1.165) is 31.3 Å². The third kappa shape index (κ3) is 5.87. The molecule has 0 aliphatic heterocycles. The molecule has 5 heteroatoms. The van der Waals surface area contributed by atoms with Gasteiger partial charge in [-0.15, -0.1) is 0 Å². The normalized spacial score (nSPS) is 16.2. The molecule has 1 aliphatic rings. The van der Waals surface area contributed by atoms with E-state index in [-0.39, 0.29) is 5.97 Å². The predicted octanol–water partition coefficient (Wildman–Crippen LogP) is 2.57. The van der Waals surface area contributed by atoms with Crippen LogP contribution in [0.3, 0.4) is 0 Å². The summed E-state index contributed by atoms with van der Waals surface area (Å²) < 4.78 is 5.22. The van der Waals surface area contributed by atoms with Crippen molar-refractivity contribution in [2.75, 3.05) is 6.54 Å². The first-order chi connectivity index (χ1) is 8.81. The van der Waals surface area contributed by atoms with Gasteiger partial charge in [0.15, 0.2) is 0 Å². The Balaban J connectivity index is 2.76. The molecule has 0 atom stereocenters. The van der Waals surface area contributed by atoms with E-state index < -0.39 is 5.60 Å². The van der Waals surface area contributed by atoms with Crippen LogP contribution in [0.25, 0.3) is 0 Å². The minimum atomic E-state index is -0.433. The number of amides is 1. The molecular formula is C14H23NO4. The molecule has 1 rings (SSSR count). The van der Waals surface area contributed by atoms with E-state index in [9.17, 15) is 9.59 Å². The van der Waals surface area contributed by atoms with Crippen molar-refractivity contribution < 1.29 is 19.2 Å². The van der Waals surface area contributed by atoms with E-state index in [1.165, 1.54) is 12.0 Å². The topological polar surface area (TPSA) is 55.8 Å². The lowest BCUT2D eigenvalue weighted by atomic mass is 9.97. The van der Waals surface area contributed by atoms with Crippen LogP contribution in [0, 0.1) is 0 Å². The molecule has 0 saturated carbocycles. The second kappa shape index (κ2) is 6.70. The molecule has 19 heavy (non-hydrogen) atoms. The number of nitrogens with zero attached hydrogens (tertiary/aromatic N) is 1. The number of ether oxygens (including phenoxy) is 1. The van der Waals surface area contributed by atoms with Crippen LogP contribution in [0.5, 0.6) is 0 Å². The van der Waals surface area contributed by atoms with Gasteiger partial charge in [0.2, 0.25) is 6.41 Å². The van der Waals surface area contributed by atoms with Gasteiger partial charge < -0.3 is 4.74 Å². The first kappa shape index (κ1) is 15.7. The van der Waals surface area contributed by atoms with Gasteiger partial charge in [-0.3, -0.25) is 14.4 Å². The Morgan fingerprint density at radius 2 is 1.95 bits per heavy atom. The molecule has 0 fully saturated rings. The highest BCUT2D eigenvalue weighted by Crippen LogP contribution is 2.26. The van der Waals surface area contributed by atoms with E-state index in [4.69, 9.17) is 9.57 Å². The summed E-state index contributed by atoms with van der Waals surface area (Å²) in [7, 11) is 0. The number of esters is 1. The Morgan fingerprint density at radius 1 is 1.32 bits per heavy atom. The lowest BCUT2D eigenvalue weighted by molar-refractivity contribution is -0.213. The van der Waals surface area contributed by atoms with Gasteiger partial charge in [0.1, 0.15) is 5.76 Å². The fourth-order valence-corrected chi connectivity index (χ4v) is 2.04. The second-order valence-electron chi connectivity index (χ2n) is 5.71. The van der Waals surface area contributed by atoms with Crippen LogP contribution in [0.4, 0.5) is 0 Å². The Labute approximate surface area is 114 Å². The number of carbonyl (C=O) groups is 2. The van der Waals surface area contributed by atoms with Crippen LogP contribution in [0.15, 0.2) is 11.3 Å². The predicted molar refractivity (Wildman–Crippen MR) is 70.9 cm³/mol. The first-order valence-electron chi connectivity index (χ1n) is 6.62. The van der Waals surface area contributed by atoms with Gasteiger partial charge in [-0.25, -0.2) is 5.06 Å². The molecule has 1 amide bonds. The third-order valence-electron chi connectivity index (χ3n) is 2.65. The maximum Gasteiger partial charge on any atom is 0.307 e. The van der Waals surface area contributed by atoms with Crippen LogP contribution in [0.1, 0.15) is 53.4 Å². The SMILES string of the molecule is CC(=O)OC1=C(CN(C=O)OC(C)(C)C)CCCC1. The molecule has 0 aromatic carbocycles. The lowest BCUT2D eigenvalue weighted by Crippen LogP contribution is -2.35. The standard InChI is InChI=1S/C14H23NO4/c1-11(17)18-13-8-6-5-7-12(13)9-15(10-16)19-14(2,3)4/h10H,5-9H2,1-4H3. The molecule has 5 nitrogen and oxygen atoms in total. The number of hydrogen-bond acceptors (Lipinski definition) is 4. The highest BCUT2D eigenvalue weighted by Gasteiger charge is 2.21. The quantitative estimate of drug-likeness (QED) is 0.437. The van der Waals surface area contributed by atoms with Crippen LogP contribution in [0.2, 0.25) is 0 Å². The number of hydrogen-bond donors (Lipinski definition) is 0. The average Bonchev–Trinajstić information content (AvgIpc) is 2.28. The molecule has 0 radical (unpaired) electrons. The molecule has 0 N–H and O–H groups in total. The Hall–Kier alpha value is -1.36. The molecule has 0 bridgehead atoms. The summed E-state index contributed by atoms with van der Waals surface area (Å²) in [6.45, 7) is 7.38. The van der Waals surface area contributed by atoms with Crippen molar-refractivity contribution in [3.8, 4) is 0 Å². The summed E-state index contributed by atoms with van der Waals surface area (Å²) in [5.41, 5.74) is 0.537. The largest absolute Gasteiger partial charge is 0.431 e. The molecule has 0 unspecified atom stereocenters. The Morgan fingerprint density at radius 3 is 2.47 bits per heavy atom. The van der Waals surface area contributed by atoms with Gasteiger partial charge in [0.05, 0.1) is 12.1 Å². The summed E-state index contributed by atoms with van der Waals surface area (Å²) in [5, 5.41) is 1.27. The van der Waals surface area contributed by atoms with Gasteiger partial charge in [0.25, 0.3) is 0 Å². The fraction of sp³-hybridized carbons (Fsp3) is 0.714. The maximum atomic E-state index is 11.1. The van der Waals surface area contributed by atoms with Crippen LogP contribution >= 0.6 is 0 Å². The highest BCUT2D eigenvalue weighted by atomic mass is 16.7. The lowest BCUT2D eigenvalue weighted by Gasteiger charge is -2.29. The van der Waals surface area contributed by atoms with Gasteiger partial charge in [-0.05, 0) is 45.6 Å². The summed E-state index contributed by atoms with van der Waals surface area (Å²) in [5.74, 6) is 0.381. The van der Waals surface area contributed by atoms with E-state index >= 15 is 0 Å². The van der Waals surface area contributed by atoms with E-state index in [1.54, 1.807) is 0 Å². The van der Waals surface area contributed by atoms with Gasteiger partial charge in [-0.2, -0.15) is 0 Å². The molecule has 108 valence electrons. The summed E-state index contributed by atoms with van der Waals surface area (Å²) in [6.07, 6.45) is 4.30. The number of hydroxylamine groups is 2.